The Morgan fingerprint density at radius 1 is 1.42 bits per heavy atom. The minimum atomic E-state index is 0.323. The first-order valence-corrected chi connectivity index (χ1v) is 6.67. The van der Waals surface area contributed by atoms with Crippen LogP contribution in [0.2, 0.25) is 0 Å². The molecule has 2 rings (SSSR count). The minimum absolute atomic E-state index is 0.323. The van der Waals surface area contributed by atoms with Gasteiger partial charge in [-0.25, -0.2) is 4.98 Å². The first kappa shape index (κ1) is 13.7. The molecule has 6 nitrogen and oxygen atoms in total. The monoisotopic (exact) mass is 262 g/mol. The number of aryl methyl sites for hydroxylation is 3. The van der Waals surface area contributed by atoms with E-state index in [4.69, 9.17) is 0 Å². The molecule has 2 aromatic heterocycles. The molecule has 0 bridgehead atoms. The maximum atomic E-state index is 4.45. The van der Waals surface area contributed by atoms with Crippen LogP contribution < -0.4 is 5.32 Å². The van der Waals surface area contributed by atoms with Crippen LogP contribution in [0.4, 0.5) is 0 Å². The summed E-state index contributed by atoms with van der Waals surface area (Å²) in [5.74, 6) is 0.947. The fourth-order valence-corrected chi connectivity index (χ4v) is 2.44. The molecule has 1 unspecified atom stereocenters. The molecule has 2 N–H and O–H groups in total. The van der Waals surface area contributed by atoms with Crippen LogP contribution in [0.15, 0.2) is 6.33 Å². The van der Waals surface area contributed by atoms with Crippen molar-refractivity contribution in [3.05, 3.63) is 29.1 Å². The number of hydrogen-bond donors (Lipinski definition) is 2. The van der Waals surface area contributed by atoms with Crippen molar-refractivity contribution < 1.29 is 0 Å². The van der Waals surface area contributed by atoms with E-state index in [0.717, 1.165) is 30.9 Å². The summed E-state index contributed by atoms with van der Waals surface area (Å²) in [6.07, 6.45) is 3.51. The van der Waals surface area contributed by atoms with Gasteiger partial charge in [-0.1, -0.05) is 0 Å². The number of aromatic amines is 1. The molecule has 0 saturated heterocycles. The second-order valence-electron chi connectivity index (χ2n) is 4.92. The van der Waals surface area contributed by atoms with Crippen LogP contribution in [-0.4, -0.2) is 31.5 Å². The van der Waals surface area contributed by atoms with Gasteiger partial charge in [0.2, 0.25) is 0 Å². The van der Waals surface area contributed by atoms with Gasteiger partial charge in [0.05, 0.1) is 5.69 Å². The lowest BCUT2D eigenvalue weighted by molar-refractivity contribution is 0.550. The van der Waals surface area contributed by atoms with Crippen LogP contribution in [0.3, 0.4) is 0 Å². The Morgan fingerprint density at radius 2 is 2.21 bits per heavy atom. The molecule has 1 atom stereocenters. The van der Waals surface area contributed by atoms with E-state index in [-0.39, 0.29) is 0 Å². The highest BCUT2D eigenvalue weighted by atomic mass is 15.3. The summed E-state index contributed by atoms with van der Waals surface area (Å²) < 4.78 is 1.94. The number of rotatable bonds is 6. The van der Waals surface area contributed by atoms with Crippen molar-refractivity contribution >= 4 is 0 Å². The zero-order valence-corrected chi connectivity index (χ0v) is 12.1. The molecule has 0 spiro atoms. The number of nitrogens with one attached hydrogen (secondary N) is 2. The largest absolute Gasteiger partial charge is 0.310 e. The van der Waals surface area contributed by atoms with Crippen molar-refractivity contribution in [3.8, 4) is 0 Å². The molecule has 0 aliphatic heterocycles. The van der Waals surface area contributed by atoms with E-state index >= 15 is 0 Å². The number of nitrogens with zero attached hydrogens (tertiary/aromatic N) is 4. The predicted molar refractivity (Wildman–Crippen MR) is 73.8 cm³/mol. The average molecular weight is 262 g/mol. The van der Waals surface area contributed by atoms with E-state index in [9.17, 15) is 0 Å². The summed E-state index contributed by atoms with van der Waals surface area (Å²) in [5.41, 5.74) is 3.64. The SMILES string of the molecule is Cc1nn(C)c(C)c1C(C)NCCCc1ncn[nH]1. The summed E-state index contributed by atoms with van der Waals surface area (Å²) in [6, 6.07) is 0.323. The summed E-state index contributed by atoms with van der Waals surface area (Å²) in [7, 11) is 1.99. The Hall–Kier alpha value is -1.69. The van der Waals surface area contributed by atoms with Gasteiger partial charge in [0, 0.05) is 30.8 Å². The van der Waals surface area contributed by atoms with E-state index in [0.29, 0.717) is 6.04 Å². The minimum Gasteiger partial charge on any atom is -0.310 e. The van der Waals surface area contributed by atoms with Crippen LogP contribution in [0.25, 0.3) is 0 Å². The molecule has 0 fully saturated rings. The van der Waals surface area contributed by atoms with Crippen LogP contribution in [0, 0.1) is 13.8 Å². The topological polar surface area (TPSA) is 71.4 Å². The lowest BCUT2D eigenvalue weighted by Crippen LogP contribution is -2.21. The van der Waals surface area contributed by atoms with Crippen molar-refractivity contribution in [3.63, 3.8) is 0 Å². The molecule has 104 valence electrons. The standard InChI is InChI=1S/C13H22N6/c1-9(13-10(2)18-19(4)11(13)3)14-7-5-6-12-15-8-16-17-12/h8-9,14H,5-7H2,1-4H3,(H,15,16,17). The first-order chi connectivity index (χ1) is 9.09. The van der Waals surface area contributed by atoms with E-state index in [1.807, 2.05) is 11.7 Å². The van der Waals surface area contributed by atoms with Gasteiger partial charge >= 0.3 is 0 Å². The van der Waals surface area contributed by atoms with Crippen LogP contribution >= 0.6 is 0 Å². The van der Waals surface area contributed by atoms with Crippen LogP contribution in [-0.2, 0) is 13.5 Å². The van der Waals surface area contributed by atoms with Gasteiger partial charge in [0.1, 0.15) is 12.2 Å². The third-order valence-corrected chi connectivity index (χ3v) is 3.50. The van der Waals surface area contributed by atoms with Gasteiger partial charge in [-0.15, -0.1) is 0 Å². The quantitative estimate of drug-likeness (QED) is 0.773. The third-order valence-electron chi connectivity index (χ3n) is 3.50. The maximum Gasteiger partial charge on any atom is 0.137 e. The highest BCUT2D eigenvalue weighted by molar-refractivity contribution is 5.27. The third kappa shape index (κ3) is 3.20. The molecule has 0 saturated carbocycles. The van der Waals surface area contributed by atoms with Gasteiger partial charge in [-0.2, -0.15) is 10.2 Å². The number of hydrogen-bond acceptors (Lipinski definition) is 4. The maximum absolute atomic E-state index is 4.45. The van der Waals surface area contributed by atoms with Gasteiger partial charge in [0.25, 0.3) is 0 Å². The van der Waals surface area contributed by atoms with E-state index < -0.39 is 0 Å². The van der Waals surface area contributed by atoms with Crippen molar-refractivity contribution in [2.75, 3.05) is 6.54 Å². The molecular formula is C13H22N6. The Kier molecular flexibility index (Phi) is 4.31. The van der Waals surface area contributed by atoms with Crippen molar-refractivity contribution in [1.29, 1.82) is 0 Å². The molecule has 2 heterocycles. The van der Waals surface area contributed by atoms with Gasteiger partial charge in [-0.3, -0.25) is 9.78 Å². The molecule has 0 aliphatic carbocycles. The van der Waals surface area contributed by atoms with E-state index in [1.165, 1.54) is 11.3 Å². The summed E-state index contributed by atoms with van der Waals surface area (Å²) in [5, 5.41) is 14.7. The summed E-state index contributed by atoms with van der Waals surface area (Å²) >= 11 is 0. The van der Waals surface area contributed by atoms with Gasteiger partial charge < -0.3 is 5.32 Å². The number of aromatic nitrogens is 5. The van der Waals surface area contributed by atoms with E-state index in [2.05, 4.69) is 46.4 Å². The fourth-order valence-electron chi connectivity index (χ4n) is 2.44. The summed E-state index contributed by atoms with van der Waals surface area (Å²) in [6.45, 7) is 7.32. The molecule has 19 heavy (non-hydrogen) atoms. The fraction of sp³-hybridized carbons (Fsp3) is 0.615. The van der Waals surface area contributed by atoms with E-state index in [1.54, 1.807) is 6.33 Å². The molecule has 6 heteroatoms. The second kappa shape index (κ2) is 5.97. The number of H-pyrrole nitrogens is 1. The molecular weight excluding hydrogens is 240 g/mol. The van der Waals surface area contributed by atoms with Crippen molar-refractivity contribution in [2.45, 2.75) is 39.7 Å². The average Bonchev–Trinajstić information content (AvgIpc) is 2.95. The smallest absolute Gasteiger partial charge is 0.137 e. The van der Waals surface area contributed by atoms with Crippen LogP contribution in [0.5, 0.6) is 0 Å². The molecule has 2 aromatic rings. The lowest BCUT2D eigenvalue weighted by atomic mass is 10.1. The second-order valence-corrected chi connectivity index (χ2v) is 4.92. The molecule has 0 aliphatic rings. The normalized spacial score (nSPS) is 12.8. The van der Waals surface area contributed by atoms with Crippen molar-refractivity contribution in [2.24, 2.45) is 7.05 Å². The summed E-state index contributed by atoms with van der Waals surface area (Å²) in [4.78, 5) is 4.11. The molecule has 0 aromatic carbocycles. The Bertz CT molecular complexity index is 513. The molecule has 0 amide bonds. The van der Waals surface area contributed by atoms with Gasteiger partial charge in [0.15, 0.2) is 0 Å². The highest BCUT2D eigenvalue weighted by Crippen LogP contribution is 2.20. The van der Waals surface area contributed by atoms with Crippen LogP contribution in [0.1, 0.15) is 42.2 Å². The van der Waals surface area contributed by atoms with Crippen molar-refractivity contribution in [1.82, 2.24) is 30.3 Å². The predicted octanol–water partition coefficient (Wildman–Crippen LogP) is 1.44. The Balaban J connectivity index is 1.82. The Morgan fingerprint density at radius 3 is 2.79 bits per heavy atom. The zero-order valence-electron chi connectivity index (χ0n) is 12.1. The molecule has 0 radical (unpaired) electrons. The highest BCUT2D eigenvalue weighted by Gasteiger charge is 2.15. The van der Waals surface area contributed by atoms with Gasteiger partial charge in [-0.05, 0) is 33.7 Å². The lowest BCUT2D eigenvalue weighted by Gasteiger charge is -2.14. The first-order valence-electron chi connectivity index (χ1n) is 6.67. The Labute approximate surface area is 113 Å². The zero-order chi connectivity index (χ0) is 13.8.